The van der Waals surface area contributed by atoms with Crippen molar-refractivity contribution in [1.29, 1.82) is 0 Å². The summed E-state index contributed by atoms with van der Waals surface area (Å²) in [6, 6.07) is 5.07. The number of benzene rings is 1. The molecule has 2 N–H and O–H groups in total. The van der Waals surface area contributed by atoms with Crippen LogP contribution in [-0.4, -0.2) is 19.0 Å². The zero-order chi connectivity index (χ0) is 14.5. The molecule has 1 aliphatic heterocycles. The maximum atomic E-state index is 12.1. The number of halogens is 2. The van der Waals surface area contributed by atoms with Crippen LogP contribution in [0.25, 0.3) is 0 Å². The Bertz CT molecular complexity index is 473. The standard InChI is InChI=1S/C15H20Cl2N2O/c1-10(11-3-2-6-18-9-11)7-15(20)19-14-8-12(16)4-5-13(14)17/h4-5,8,10-11,18H,2-3,6-7,9H2,1H3,(H,19,20). The molecule has 1 aliphatic rings. The second-order valence-electron chi connectivity index (χ2n) is 5.46. The fourth-order valence-corrected chi connectivity index (χ4v) is 2.95. The molecule has 1 saturated heterocycles. The van der Waals surface area contributed by atoms with Crippen LogP contribution < -0.4 is 10.6 Å². The fraction of sp³-hybridized carbons (Fsp3) is 0.533. The van der Waals surface area contributed by atoms with Gasteiger partial charge < -0.3 is 10.6 Å². The van der Waals surface area contributed by atoms with Gasteiger partial charge in [-0.25, -0.2) is 0 Å². The second kappa shape index (κ2) is 7.30. The predicted octanol–water partition coefficient (Wildman–Crippen LogP) is 3.96. The van der Waals surface area contributed by atoms with E-state index in [1.807, 2.05) is 0 Å². The second-order valence-corrected chi connectivity index (χ2v) is 6.30. The minimum Gasteiger partial charge on any atom is -0.325 e. The van der Waals surface area contributed by atoms with Crippen molar-refractivity contribution in [3.63, 3.8) is 0 Å². The van der Waals surface area contributed by atoms with Crippen LogP contribution in [0.2, 0.25) is 10.0 Å². The zero-order valence-electron chi connectivity index (χ0n) is 11.6. The molecule has 2 atom stereocenters. The van der Waals surface area contributed by atoms with Crippen molar-refractivity contribution in [2.45, 2.75) is 26.2 Å². The summed E-state index contributed by atoms with van der Waals surface area (Å²) in [4.78, 5) is 12.1. The highest BCUT2D eigenvalue weighted by atomic mass is 35.5. The Balaban J connectivity index is 1.89. The molecule has 0 saturated carbocycles. The summed E-state index contributed by atoms with van der Waals surface area (Å²) in [6.07, 6.45) is 2.89. The molecule has 2 rings (SSSR count). The molecule has 1 fully saturated rings. The summed E-state index contributed by atoms with van der Waals surface area (Å²) in [5.41, 5.74) is 0.582. The number of anilines is 1. The predicted molar refractivity (Wildman–Crippen MR) is 84.5 cm³/mol. The van der Waals surface area contributed by atoms with Crippen LogP contribution in [-0.2, 0) is 4.79 Å². The highest BCUT2D eigenvalue weighted by molar-refractivity contribution is 6.35. The van der Waals surface area contributed by atoms with E-state index in [0.29, 0.717) is 34.0 Å². The Morgan fingerprint density at radius 1 is 1.50 bits per heavy atom. The van der Waals surface area contributed by atoms with Gasteiger partial charge in [0, 0.05) is 11.4 Å². The van der Waals surface area contributed by atoms with Gasteiger partial charge in [-0.05, 0) is 56.0 Å². The number of rotatable bonds is 4. The highest BCUT2D eigenvalue weighted by Crippen LogP contribution is 2.27. The Morgan fingerprint density at radius 2 is 2.30 bits per heavy atom. The molecule has 1 aromatic rings. The lowest BCUT2D eigenvalue weighted by atomic mass is 9.85. The van der Waals surface area contributed by atoms with Crippen LogP contribution in [0.15, 0.2) is 18.2 Å². The van der Waals surface area contributed by atoms with Gasteiger partial charge in [-0.15, -0.1) is 0 Å². The maximum Gasteiger partial charge on any atom is 0.224 e. The van der Waals surface area contributed by atoms with Gasteiger partial charge in [0.25, 0.3) is 0 Å². The van der Waals surface area contributed by atoms with Crippen molar-refractivity contribution >= 4 is 34.8 Å². The van der Waals surface area contributed by atoms with Gasteiger partial charge in [0.15, 0.2) is 0 Å². The molecule has 0 spiro atoms. The monoisotopic (exact) mass is 314 g/mol. The van der Waals surface area contributed by atoms with Gasteiger partial charge in [-0.3, -0.25) is 4.79 Å². The summed E-state index contributed by atoms with van der Waals surface area (Å²) in [5, 5.41) is 7.30. The van der Waals surface area contributed by atoms with Gasteiger partial charge >= 0.3 is 0 Å². The smallest absolute Gasteiger partial charge is 0.224 e. The molecule has 5 heteroatoms. The number of carbonyl (C=O) groups excluding carboxylic acids is 1. The van der Waals surface area contributed by atoms with E-state index >= 15 is 0 Å². The molecule has 0 radical (unpaired) electrons. The van der Waals surface area contributed by atoms with E-state index in [2.05, 4.69) is 17.6 Å². The van der Waals surface area contributed by atoms with Crippen LogP contribution in [0.1, 0.15) is 26.2 Å². The third-order valence-corrected chi connectivity index (χ3v) is 4.41. The molecule has 3 nitrogen and oxygen atoms in total. The van der Waals surface area contributed by atoms with Crippen molar-refractivity contribution in [1.82, 2.24) is 5.32 Å². The first-order valence-electron chi connectivity index (χ1n) is 7.02. The first-order valence-corrected chi connectivity index (χ1v) is 7.77. The molecule has 0 aliphatic carbocycles. The molecule has 110 valence electrons. The zero-order valence-corrected chi connectivity index (χ0v) is 13.1. The van der Waals surface area contributed by atoms with E-state index in [1.165, 1.54) is 12.8 Å². The number of piperidine rings is 1. The van der Waals surface area contributed by atoms with E-state index in [9.17, 15) is 4.79 Å². The quantitative estimate of drug-likeness (QED) is 0.883. The Hall–Kier alpha value is -0.770. The third kappa shape index (κ3) is 4.37. The average molecular weight is 315 g/mol. The topological polar surface area (TPSA) is 41.1 Å². The van der Waals surface area contributed by atoms with Gasteiger partial charge in [-0.2, -0.15) is 0 Å². The van der Waals surface area contributed by atoms with E-state index in [1.54, 1.807) is 18.2 Å². The largest absolute Gasteiger partial charge is 0.325 e. The van der Waals surface area contributed by atoms with Crippen LogP contribution in [0.3, 0.4) is 0 Å². The van der Waals surface area contributed by atoms with Gasteiger partial charge in [-0.1, -0.05) is 30.1 Å². The average Bonchev–Trinajstić information content (AvgIpc) is 2.43. The fourth-order valence-electron chi connectivity index (χ4n) is 2.62. The molecular weight excluding hydrogens is 295 g/mol. The van der Waals surface area contributed by atoms with Gasteiger partial charge in [0.1, 0.15) is 0 Å². The number of hydrogen-bond donors (Lipinski definition) is 2. The summed E-state index contributed by atoms with van der Waals surface area (Å²) in [6.45, 7) is 4.23. The minimum absolute atomic E-state index is 0.00719. The van der Waals surface area contributed by atoms with Crippen molar-refractivity contribution in [2.75, 3.05) is 18.4 Å². The number of amides is 1. The summed E-state index contributed by atoms with van der Waals surface area (Å²) in [7, 11) is 0. The molecule has 2 unspecified atom stereocenters. The highest BCUT2D eigenvalue weighted by Gasteiger charge is 2.22. The van der Waals surface area contributed by atoms with Crippen molar-refractivity contribution in [2.24, 2.45) is 11.8 Å². The third-order valence-electron chi connectivity index (χ3n) is 3.85. The van der Waals surface area contributed by atoms with Crippen molar-refractivity contribution in [3.8, 4) is 0 Å². The molecule has 0 aromatic heterocycles. The van der Waals surface area contributed by atoms with E-state index < -0.39 is 0 Å². The summed E-state index contributed by atoms with van der Waals surface area (Å²) < 4.78 is 0. The van der Waals surface area contributed by atoms with Crippen molar-refractivity contribution < 1.29 is 4.79 Å². The SMILES string of the molecule is CC(CC(=O)Nc1cc(Cl)ccc1Cl)C1CCCNC1. The van der Waals surface area contributed by atoms with Gasteiger partial charge in [0.2, 0.25) is 5.91 Å². The van der Waals surface area contributed by atoms with Crippen LogP contribution in [0.5, 0.6) is 0 Å². The lowest BCUT2D eigenvalue weighted by molar-refractivity contribution is -0.117. The number of carbonyl (C=O) groups is 1. The first-order chi connectivity index (χ1) is 9.56. The van der Waals surface area contributed by atoms with Crippen LogP contribution >= 0.6 is 23.2 Å². The van der Waals surface area contributed by atoms with E-state index in [0.717, 1.165) is 13.1 Å². The summed E-state index contributed by atoms with van der Waals surface area (Å²) >= 11 is 12.0. The minimum atomic E-state index is -0.00719. The normalized spacial score (nSPS) is 20.4. The van der Waals surface area contributed by atoms with Crippen LogP contribution in [0, 0.1) is 11.8 Å². The lowest BCUT2D eigenvalue weighted by Crippen LogP contribution is -2.34. The van der Waals surface area contributed by atoms with Gasteiger partial charge in [0.05, 0.1) is 10.7 Å². The lowest BCUT2D eigenvalue weighted by Gasteiger charge is -2.28. The molecule has 1 aromatic carbocycles. The number of hydrogen-bond acceptors (Lipinski definition) is 2. The number of nitrogens with one attached hydrogen (secondary N) is 2. The maximum absolute atomic E-state index is 12.1. The molecular formula is C15H20Cl2N2O. The van der Waals surface area contributed by atoms with E-state index in [-0.39, 0.29) is 5.91 Å². The summed E-state index contributed by atoms with van der Waals surface area (Å²) in [5.74, 6) is 0.928. The first kappa shape index (κ1) is 15.6. The van der Waals surface area contributed by atoms with E-state index in [4.69, 9.17) is 23.2 Å². The Kier molecular flexibility index (Phi) is 5.70. The molecule has 1 heterocycles. The molecule has 1 amide bonds. The van der Waals surface area contributed by atoms with Crippen molar-refractivity contribution in [3.05, 3.63) is 28.2 Å². The van der Waals surface area contributed by atoms with Crippen LogP contribution in [0.4, 0.5) is 5.69 Å². The molecule has 0 bridgehead atoms. The Labute approximate surface area is 130 Å². The Morgan fingerprint density at radius 3 is 3.00 bits per heavy atom. The molecule has 20 heavy (non-hydrogen) atoms.